The van der Waals surface area contributed by atoms with Gasteiger partial charge in [-0.2, -0.15) is 0 Å². The third-order valence-corrected chi connectivity index (χ3v) is 5.85. The normalized spacial score (nSPS) is 20.2. The molecule has 2 aliphatic heterocycles. The van der Waals surface area contributed by atoms with Gasteiger partial charge in [0.15, 0.2) is 0 Å². The Morgan fingerprint density at radius 3 is 2.82 bits per heavy atom. The number of nitrogens with one attached hydrogen (secondary N) is 1. The largest absolute Gasteiger partial charge is 0.508 e. The number of ether oxygens (including phenoxy) is 1. The number of hydrogen-bond acceptors (Lipinski definition) is 4. The fourth-order valence-corrected chi connectivity index (χ4v) is 4.25. The van der Waals surface area contributed by atoms with E-state index in [1.165, 1.54) is 6.07 Å². The number of aromatic nitrogens is 1. The van der Waals surface area contributed by atoms with Gasteiger partial charge in [-0.25, -0.2) is 0 Å². The molecule has 2 N–H and O–H groups in total. The quantitative estimate of drug-likeness (QED) is 0.824. The van der Waals surface area contributed by atoms with E-state index in [1.807, 2.05) is 19.3 Å². The van der Waals surface area contributed by atoms with Crippen molar-refractivity contribution in [2.24, 2.45) is 13.0 Å². The average molecular weight is 383 g/mol. The molecule has 1 aromatic heterocycles. The minimum Gasteiger partial charge on any atom is -0.508 e. The molecule has 0 radical (unpaired) electrons. The Hall–Kier alpha value is -2.80. The van der Waals surface area contributed by atoms with Gasteiger partial charge in [-0.3, -0.25) is 9.59 Å². The van der Waals surface area contributed by atoms with E-state index in [9.17, 15) is 14.7 Å². The van der Waals surface area contributed by atoms with E-state index >= 15 is 0 Å². The molecule has 0 aliphatic carbocycles. The zero-order valence-corrected chi connectivity index (χ0v) is 15.9. The molecule has 0 bridgehead atoms. The lowest BCUT2D eigenvalue weighted by atomic mass is 9.78. The van der Waals surface area contributed by atoms with E-state index in [0.29, 0.717) is 43.4 Å². The fourth-order valence-electron chi connectivity index (χ4n) is 4.25. The number of nitrogens with zero attached hydrogens (tertiary/aromatic N) is 2. The van der Waals surface area contributed by atoms with Gasteiger partial charge in [0.2, 0.25) is 0 Å². The molecule has 0 unspecified atom stereocenters. The molecule has 2 aliphatic rings. The van der Waals surface area contributed by atoms with Crippen LogP contribution >= 0.6 is 0 Å². The number of carbonyl (C=O) groups excluding carboxylic acids is 2. The van der Waals surface area contributed by atoms with E-state index < -0.39 is 0 Å². The zero-order valence-electron chi connectivity index (χ0n) is 15.9. The first kappa shape index (κ1) is 18.6. The third kappa shape index (κ3) is 3.38. The minimum absolute atomic E-state index is 0.0743. The number of carbonyl (C=O) groups is 2. The van der Waals surface area contributed by atoms with Crippen LogP contribution in [0.1, 0.15) is 33.7 Å². The number of amides is 2. The Labute approximate surface area is 163 Å². The summed E-state index contributed by atoms with van der Waals surface area (Å²) in [6, 6.07) is 10.1. The highest BCUT2D eigenvalue weighted by Crippen LogP contribution is 2.42. The fraction of sp³-hybridized carbons (Fsp3) is 0.429. The van der Waals surface area contributed by atoms with Crippen molar-refractivity contribution < 1.29 is 19.4 Å². The van der Waals surface area contributed by atoms with Crippen LogP contribution in [0, 0.1) is 5.92 Å². The first-order valence-corrected chi connectivity index (χ1v) is 9.60. The maximum absolute atomic E-state index is 12.6. The molecule has 2 amide bonds. The van der Waals surface area contributed by atoms with E-state index in [1.54, 1.807) is 33.7 Å². The van der Waals surface area contributed by atoms with E-state index in [-0.39, 0.29) is 23.2 Å². The van der Waals surface area contributed by atoms with E-state index in [2.05, 4.69) is 5.32 Å². The van der Waals surface area contributed by atoms with Crippen LogP contribution in [-0.2, 0) is 11.8 Å². The molecular weight excluding hydrogens is 358 g/mol. The van der Waals surface area contributed by atoms with Gasteiger partial charge in [0.25, 0.3) is 11.8 Å². The van der Waals surface area contributed by atoms with Gasteiger partial charge in [-0.05, 0) is 49.1 Å². The summed E-state index contributed by atoms with van der Waals surface area (Å²) >= 11 is 0. The topological polar surface area (TPSA) is 83.8 Å². The number of likely N-dealkylation sites (tertiary alicyclic amines) is 1. The summed E-state index contributed by atoms with van der Waals surface area (Å²) in [6.45, 7) is 2.38. The summed E-state index contributed by atoms with van der Waals surface area (Å²) < 4.78 is 7.82. The maximum atomic E-state index is 12.6. The Bertz CT molecular complexity index is 885. The van der Waals surface area contributed by atoms with Crippen LogP contribution < -0.4 is 5.32 Å². The van der Waals surface area contributed by atoms with Crippen molar-refractivity contribution in [2.45, 2.75) is 18.4 Å². The summed E-state index contributed by atoms with van der Waals surface area (Å²) in [5.41, 5.74) is 0.825. The van der Waals surface area contributed by atoms with Crippen LogP contribution in [0.5, 0.6) is 5.75 Å². The van der Waals surface area contributed by atoms with Crippen molar-refractivity contribution in [3.63, 3.8) is 0 Å². The monoisotopic (exact) mass is 383 g/mol. The van der Waals surface area contributed by atoms with Gasteiger partial charge < -0.3 is 24.6 Å². The molecule has 2 fully saturated rings. The number of hydrogen-bond donors (Lipinski definition) is 2. The van der Waals surface area contributed by atoms with Crippen LogP contribution in [0.15, 0.2) is 42.6 Å². The van der Waals surface area contributed by atoms with Crippen LogP contribution in [0.2, 0.25) is 0 Å². The molecular formula is C21H25N3O4. The maximum Gasteiger partial charge on any atom is 0.267 e. The molecule has 4 rings (SSSR count). The molecule has 2 saturated heterocycles. The van der Waals surface area contributed by atoms with E-state index in [4.69, 9.17) is 4.74 Å². The highest BCUT2D eigenvalue weighted by Gasteiger charge is 2.54. The van der Waals surface area contributed by atoms with Crippen LogP contribution in [0.4, 0.5) is 0 Å². The van der Waals surface area contributed by atoms with Crippen LogP contribution in [0.3, 0.4) is 0 Å². The molecule has 3 heterocycles. The number of aryl methyl sites for hydroxylation is 1. The first-order chi connectivity index (χ1) is 13.5. The molecule has 1 aromatic carbocycles. The van der Waals surface area contributed by atoms with Gasteiger partial charge in [-0.15, -0.1) is 0 Å². The minimum atomic E-state index is -0.303. The third-order valence-electron chi connectivity index (χ3n) is 5.85. The van der Waals surface area contributed by atoms with Crippen molar-refractivity contribution in [1.82, 2.24) is 14.8 Å². The molecule has 1 atom stereocenters. The second-order valence-electron chi connectivity index (χ2n) is 7.66. The van der Waals surface area contributed by atoms with E-state index in [0.717, 1.165) is 12.8 Å². The number of aromatic hydroxyl groups is 1. The predicted molar refractivity (Wildman–Crippen MR) is 103 cm³/mol. The Balaban J connectivity index is 1.30. The SMILES string of the molecule is Cn1cccc1C(=O)NCC[C@@H]1CCOC12CN(C(=O)c1cccc(O)c1)C2. The molecule has 1 spiro atoms. The molecule has 7 nitrogen and oxygen atoms in total. The Kier molecular flexibility index (Phi) is 4.85. The summed E-state index contributed by atoms with van der Waals surface area (Å²) in [5, 5.41) is 12.6. The van der Waals surface area contributed by atoms with Crippen molar-refractivity contribution >= 4 is 11.8 Å². The Morgan fingerprint density at radius 2 is 2.11 bits per heavy atom. The average Bonchev–Trinajstić information content (AvgIpc) is 3.26. The summed E-state index contributed by atoms with van der Waals surface area (Å²) in [6.07, 6.45) is 3.61. The highest BCUT2D eigenvalue weighted by atomic mass is 16.5. The summed E-state index contributed by atoms with van der Waals surface area (Å²) in [7, 11) is 1.85. The Morgan fingerprint density at radius 1 is 1.29 bits per heavy atom. The number of phenolic OH excluding ortho intramolecular Hbond substituents is 1. The van der Waals surface area contributed by atoms with Gasteiger partial charge >= 0.3 is 0 Å². The second-order valence-corrected chi connectivity index (χ2v) is 7.66. The standard InChI is InChI=1S/C21H25N3O4/c1-23-10-3-6-18(23)19(26)22-9-7-16-8-11-28-21(16)13-24(14-21)20(27)15-4-2-5-17(25)12-15/h2-6,10,12,16,25H,7-9,11,13-14H2,1H3,(H,22,26)/t16-/m1/s1. The second kappa shape index (κ2) is 7.31. The summed E-state index contributed by atoms with van der Waals surface area (Å²) in [4.78, 5) is 26.6. The van der Waals surface area contributed by atoms with Gasteiger partial charge in [0, 0.05) is 32.0 Å². The van der Waals surface area contributed by atoms with Crippen molar-refractivity contribution in [3.8, 4) is 5.75 Å². The summed E-state index contributed by atoms with van der Waals surface area (Å²) in [5.74, 6) is 0.238. The lowest BCUT2D eigenvalue weighted by Crippen LogP contribution is -2.66. The highest BCUT2D eigenvalue weighted by molar-refractivity contribution is 5.95. The molecule has 0 saturated carbocycles. The number of benzene rings is 1. The first-order valence-electron chi connectivity index (χ1n) is 9.60. The van der Waals surface area contributed by atoms with Crippen molar-refractivity contribution in [3.05, 3.63) is 53.9 Å². The molecule has 2 aromatic rings. The number of rotatable bonds is 5. The van der Waals surface area contributed by atoms with Gasteiger partial charge in [-0.1, -0.05) is 6.07 Å². The number of phenols is 1. The molecule has 148 valence electrons. The predicted octanol–water partition coefficient (Wildman–Crippen LogP) is 1.78. The van der Waals surface area contributed by atoms with Gasteiger partial charge in [0.05, 0.1) is 13.1 Å². The molecule has 28 heavy (non-hydrogen) atoms. The van der Waals surface area contributed by atoms with Crippen LogP contribution in [-0.4, -0.2) is 58.2 Å². The zero-order chi connectivity index (χ0) is 19.7. The van der Waals surface area contributed by atoms with Crippen molar-refractivity contribution in [2.75, 3.05) is 26.2 Å². The van der Waals surface area contributed by atoms with Crippen molar-refractivity contribution in [1.29, 1.82) is 0 Å². The smallest absolute Gasteiger partial charge is 0.267 e. The van der Waals surface area contributed by atoms with Crippen LogP contribution in [0.25, 0.3) is 0 Å². The van der Waals surface area contributed by atoms with Gasteiger partial charge in [0.1, 0.15) is 17.0 Å². The lowest BCUT2D eigenvalue weighted by molar-refractivity contribution is -0.117. The lowest BCUT2D eigenvalue weighted by Gasteiger charge is -2.50. The molecule has 7 heteroatoms.